The smallest absolute Gasteiger partial charge is 0.236 e. The number of hydrogen-bond donors (Lipinski definition) is 1. The van der Waals surface area contributed by atoms with E-state index in [1.54, 1.807) is 12.3 Å². The second kappa shape index (κ2) is 7.97. The molecule has 128 valence electrons. The van der Waals surface area contributed by atoms with Crippen LogP contribution < -0.4 is 0 Å². The SMILES string of the molecule is O=C(CN1CCCCCC1CC(O)c1ccco1)N1CCCC1. The summed E-state index contributed by atoms with van der Waals surface area (Å²) >= 11 is 0. The summed E-state index contributed by atoms with van der Waals surface area (Å²) in [7, 11) is 0. The van der Waals surface area contributed by atoms with Crippen molar-refractivity contribution in [3.63, 3.8) is 0 Å². The van der Waals surface area contributed by atoms with E-state index in [4.69, 9.17) is 4.42 Å². The molecule has 3 heterocycles. The molecule has 5 heteroatoms. The quantitative estimate of drug-likeness (QED) is 0.906. The van der Waals surface area contributed by atoms with E-state index in [1.165, 1.54) is 12.8 Å². The first-order chi connectivity index (χ1) is 11.2. The molecule has 2 atom stereocenters. The second-order valence-corrected chi connectivity index (χ2v) is 6.83. The molecule has 5 nitrogen and oxygen atoms in total. The molecule has 0 radical (unpaired) electrons. The van der Waals surface area contributed by atoms with Crippen LogP contribution in [0.1, 0.15) is 56.8 Å². The van der Waals surface area contributed by atoms with Gasteiger partial charge in [0.1, 0.15) is 11.9 Å². The lowest BCUT2D eigenvalue weighted by atomic mass is 10.0. The van der Waals surface area contributed by atoms with E-state index in [1.807, 2.05) is 11.0 Å². The van der Waals surface area contributed by atoms with Gasteiger partial charge >= 0.3 is 0 Å². The first-order valence-electron chi connectivity index (χ1n) is 8.97. The van der Waals surface area contributed by atoms with Gasteiger partial charge in [0.15, 0.2) is 0 Å². The van der Waals surface area contributed by atoms with Crippen LogP contribution in [0.3, 0.4) is 0 Å². The van der Waals surface area contributed by atoms with Crippen molar-refractivity contribution < 1.29 is 14.3 Å². The summed E-state index contributed by atoms with van der Waals surface area (Å²) in [4.78, 5) is 16.8. The monoisotopic (exact) mass is 320 g/mol. The zero-order chi connectivity index (χ0) is 16.1. The minimum Gasteiger partial charge on any atom is -0.467 e. The zero-order valence-corrected chi connectivity index (χ0v) is 13.8. The Bertz CT molecular complexity index is 482. The Balaban J connectivity index is 1.61. The highest BCUT2D eigenvalue weighted by Gasteiger charge is 2.28. The third-order valence-electron chi connectivity index (χ3n) is 5.16. The van der Waals surface area contributed by atoms with Gasteiger partial charge in [-0.1, -0.05) is 12.8 Å². The summed E-state index contributed by atoms with van der Waals surface area (Å²) in [5, 5.41) is 10.4. The van der Waals surface area contributed by atoms with Crippen LogP contribution >= 0.6 is 0 Å². The molecule has 2 aliphatic rings. The highest BCUT2D eigenvalue weighted by atomic mass is 16.4. The maximum Gasteiger partial charge on any atom is 0.236 e. The average Bonchev–Trinajstić information content (AvgIpc) is 3.22. The van der Waals surface area contributed by atoms with Crippen molar-refractivity contribution >= 4 is 5.91 Å². The largest absolute Gasteiger partial charge is 0.467 e. The van der Waals surface area contributed by atoms with Crippen molar-refractivity contribution in [2.75, 3.05) is 26.2 Å². The number of amides is 1. The van der Waals surface area contributed by atoms with Gasteiger partial charge < -0.3 is 14.4 Å². The Labute approximate surface area is 138 Å². The Hall–Kier alpha value is -1.33. The molecule has 0 bridgehead atoms. The molecule has 23 heavy (non-hydrogen) atoms. The molecule has 2 aliphatic heterocycles. The van der Waals surface area contributed by atoms with E-state index < -0.39 is 6.10 Å². The van der Waals surface area contributed by atoms with Gasteiger partial charge in [0, 0.05) is 19.1 Å². The Morgan fingerprint density at radius 1 is 1.22 bits per heavy atom. The van der Waals surface area contributed by atoms with Crippen LogP contribution in [0, 0.1) is 0 Å². The lowest BCUT2D eigenvalue weighted by Gasteiger charge is -2.31. The highest BCUT2D eigenvalue weighted by molar-refractivity contribution is 5.78. The maximum atomic E-state index is 12.5. The van der Waals surface area contributed by atoms with Crippen LogP contribution in [0.5, 0.6) is 0 Å². The van der Waals surface area contributed by atoms with Gasteiger partial charge in [0.05, 0.1) is 12.8 Å². The standard InChI is InChI=1S/C18H28N2O3/c21-16(17-8-6-12-23-17)13-15-7-2-1-3-11-20(15)14-18(22)19-9-4-5-10-19/h6,8,12,15-16,21H,1-5,7,9-11,13-14H2. The summed E-state index contributed by atoms with van der Waals surface area (Å²) in [6, 6.07) is 3.88. The average molecular weight is 320 g/mol. The number of aliphatic hydroxyl groups excluding tert-OH is 1. The minimum atomic E-state index is -0.586. The molecule has 3 rings (SSSR count). The summed E-state index contributed by atoms with van der Waals surface area (Å²) in [5.41, 5.74) is 0. The van der Waals surface area contributed by atoms with Crippen molar-refractivity contribution in [3.8, 4) is 0 Å². The molecule has 1 amide bonds. The molecular formula is C18H28N2O3. The van der Waals surface area contributed by atoms with E-state index in [0.29, 0.717) is 18.7 Å². The topological polar surface area (TPSA) is 56.9 Å². The lowest BCUT2D eigenvalue weighted by molar-refractivity contribution is -0.132. The summed E-state index contributed by atoms with van der Waals surface area (Å²) in [6.45, 7) is 3.27. The fraction of sp³-hybridized carbons (Fsp3) is 0.722. The number of rotatable bonds is 5. The lowest BCUT2D eigenvalue weighted by Crippen LogP contribution is -2.44. The Kier molecular flexibility index (Phi) is 5.73. The summed E-state index contributed by atoms with van der Waals surface area (Å²) < 4.78 is 5.32. The second-order valence-electron chi connectivity index (χ2n) is 6.83. The third-order valence-corrected chi connectivity index (χ3v) is 5.16. The number of nitrogens with zero attached hydrogens (tertiary/aromatic N) is 2. The van der Waals surface area contributed by atoms with E-state index in [0.717, 1.165) is 45.3 Å². The number of likely N-dealkylation sites (tertiary alicyclic amines) is 2. The van der Waals surface area contributed by atoms with Crippen LogP contribution in [-0.2, 0) is 4.79 Å². The number of hydrogen-bond acceptors (Lipinski definition) is 4. The fourth-order valence-corrected chi connectivity index (χ4v) is 3.81. The van der Waals surface area contributed by atoms with Gasteiger partial charge in [-0.15, -0.1) is 0 Å². The van der Waals surface area contributed by atoms with Gasteiger partial charge in [-0.05, 0) is 50.8 Å². The van der Waals surface area contributed by atoms with Crippen LogP contribution in [0.25, 0.3) is 0 Å². The first-order valence-corrected chi connectivity index (χ1v) is 8.97. The third kappa shape index (κ3) is 4.36. The normalized spacial score (nSPS) is 24.6. The van der Waals surface area contributed by atoms with Crippen LogP contribution in [-0.4, -0.2) is 53.0 Å². The zero-order valence-electron chi connectivity index (χ0n) is 13.8. The molecule has 0 spiro atoms. The molecule has 0 aliphatic carbocycles. The Morgan fingerprint density at radius 2 is 2.00 bits per heavy atom. The van der Waals surface area contributed by atoms with Crippen molar-refractivity contribution in [1.29, 1.82) is 0 Å². The molecule has 2 unspecified atom stereocenters. The molecule has 1 aromatic heterocycles. The Morgan fingerprint density at radius 3 is 2.74 bits per heavy atom. The van der Waals surface area contributed by atoms with Gasteiger partial charge in [0.25, 0.3) is 0 Å². The molecule has 0 aromatic carbocycles. The van der Waals surface area contributed by atoms with Crippen molar-refractivity contribution in [2.24, 2.45) is 0 Å². The van der Waals surface area contributed by atoms with Crippen molar-refractivity contribution in [3.05, 3.63) is 24.2 Å². The predicted molar refractivity (Wildman–Crippen MR) is 87.9 cm³/mol. The molecule has 1 aromatic rings. The summed E-state index contributed by atoms with van der Waals surface area (Å²) in [5.74, 6) is 0.877. The van der Waals surface area contributed by atoms with Crippen LogP contribution in [0.15, 0.2) is 22.8 Å². The number of aliphatic hydroxyl groups is 1. The molecular weight excluding hydrogens is 292 g/mol. The van der Waals surface area contributed by atoms with Gasteiger partial charge in [-0.2, -0.15) is 0 Å². The van der Waals surface area contributed by atoms with Crippen molar-refractivity contribution in [2.45, 2.75) is 57.1 Å². The molecule has 1 N–H and O–H groups in total. The number of carbonyl (C=O) groups excluding carboxylic acids is 1. The molecule has 0 saturated carbocycles. The highest BCUT2D eigenvalue weighted by Crippen LogP contribution is 2.26. The number of carbonyl (C=O) groups is 1. The van der Waals surface area contributed by atoms with Crippen LogP contribution in [0.4, 0.5) is 0 Å². The maximum absolute atomic E-state index is 12.5. The molecule has 2 fully saturated rings. The van der Waals surface area contributed by atoms with Crippen LogP contribution in [0.2, 0.25) is 0 Å². The van der Waals surface area contributed by atoms with Gasteiger partial charge in [-0.25, -0.2) is 0 Å². The van der Waals surface area contributed by atoms with Crippen molar-refractivity contribution in [1.82, 2.24) is 9.80 Å². The van der Waals surface area contributed by atoms with E-state index in [2.05, 4.69) is 4.90 Å². The van der Waals surface area contributed by atoms with E-state index >= 15 is 0 Å². The number of furan rings is 1. The van der Waals surface area contributed by atoms with E-state index in [9.17, 15) is 9.90 Å². The minimum absolute atomic E-state index is 0.252. The molecule has 2 saturated heterocycles. The fourth-order valence-electron chi connectivity index (χ4n) is 3.81. The van der Waals surface area contributed by atoms with E-state index in [-0.39, 0.29) is 11.9 Å². The summed E-state index contributed by atoms with van der Waals surface area (Å²) in [6.07, 6.45) is 8.48. The van der Waals surface area contributed by atoms with Gasteiger partial charge in [-0.3, -0.25) is 9.69 Å². The predicted octanol–water partition coefficient (Wildman–Crippen LogP) is 2.57. The first kappa shape index (κ1) is 16.5. The van der Waals surface area contributed by atoms with Gasteiger partial charge in [0.2, 0.25) is 5.91 Å².